The number of morpholine rings is 1. The van der Waals surface area contributed by atoms with Crippen molar-refractivity contribution < 1.29 is 9.53 Å². The number of fused-ring (bicyclic) bond motifs is 4. The first-order valence-corrected chi connectivity index (χ1v) is 9.52. The number of aromatic nitrogens is 2. The van der Waals surface area contributed by atoms with Gasteiger partial charge in [-0.15, -0.1) is 11.3 Å². The quantitative estimate of drug-likeness (QED) is 0.852. The summed E-state index contributed by atoms with van der Waals surface area (Å²) in [5.41, 5.74) is 1.46. The van der Waals surface area contributed by atoms with Gasteiger partial charge in [-0.1, -0.05) is 0 Å². The molecule has 1 amide bonds. The molecule has 3 aliphatic rings. The highest BCUT2D eigenvalue weighted by molar-refractivity contribution is 7.19. The van der Waals surface area contributed by atoms with Crippen molar-refractivity contribution in [3.05, 3.63) is 16.8 Å². The molecule has 126 valence electrons. The van der Waals surface area contributed by atoms with Gasteiger partial charge in [-0.05, 0) is 37.7 Å². The molecule has 0 aromatic carbocycles. The highest BCUT2D eigenvalue weighted by atomic mass is 32.1. The molecule has 4 heterocycles. The fourth-order valence-corrected chi connectivity index (χ4v) is 5.43. The molecule has 24 heavy (non-hydrogen) atoms. The van der Waals surface area contributed by atoms with Crippen LogP contribution in [0, 0.1) is 0 Å². The van der Waals surface area contributed by atoms with Crippen LogP contribution in [0.15, 0.2) is 6.33 Å². The number of hydrogen-bond acceptors (Lipinski definition) is 6. The van der Waals surface area contributed by atoms with Gasteiger partial charge in [-0.25, -0.2) is 9.97 Å². The van der Waals surface area contributed by atoms with Crippen LogP contribution in [-0.2, 0) is 22.4 Å². The zero-order valence-corrected chi connectivity index (χ0v) is 14.3. The second-order valence-corrected chi connectivity index (χ2v) is 7.93. The average molecular weight is 344 g/mol. The Kier molecular flexibility index (Phi) is 3.45. The third-order valence-corrected chi connectivity index (χ3v) is 6.55. The molecule has 1 N–H and O–H groups in total. The van der Waals surface area contributed by atoms with Gasteiger partial charge in [0.1, 0.15) is 23.6 Å². The van der Waals surface area contributed by atoms with Crippen molar-refractivity contribution >= 4 is 33.3 Å². The molecule has 2 aromatic rings. The molecule has 1 aliphatic carbocycles. The van der Waals surface area contributed by atoms with Gasteiger partial charge in [-0.3, -0.25) is 4.79 Å². The van der Waals surface area contributed by atoms with E-state index in [-0.39, 0.29) is 24.7 Å². The second kappa shape index (κ2) is 5.67. The SMILES string of the molecule is O=C1CO[C@@H]2CCN(c3ncnc4sc5c(c34)CCCC5)C[C@H]2N1. The van der Waals surface area contributed by atoms with Crippen LogP contribution in [0.4, 0.5) is 5.82 Å². The van der Waals surface area contributed by atoms with Crippen LogP contribution in [0.5, 0.6) is 0 Å². The maximum atomic E-state index is 11.6. The van der Waals surface area contributed by atoms with Gasteiger partial charge < -0.3 is 15.0 Å². The summed E-state index contributed by atoms with van der Waals surface area (Å²) in [6.45, 7) is 1.86. The van der Waals surface area contributed by atoms with E-state index >= 15 is 0 Å². The summed E-state index contributed by atoms with van der Waals surface area (Å²) in [6, 6.07) is 0.0551. The maximum Gasteiger partial charge on any atom is 0.246 e. The average Bonchev–Trinajstić information content (AvgIpc) is 2.99. The lowest BCUT2D eigenvalue weighted by Gasteiger charge is -2.41. The molecule has 2 saturated heterocycles. The van der Waals surface area contributed by atoms with Crippen LogP contribution in [0.25, 0.3) is 10.2 Å². The number of amides is 1. The predicted molar refractivity (Wildman–Crippen MR) is 92.6 cm³/mol. The van der Waals surface area contributed by atoms with Gasteiger partial charge in [-0.2, -0.15) is 0 Å². The molecule has 2 atom stereocenters. The minimum Gasteiger partial charge on any atom is -0.366 e. The number of rotatable bonds is 1. The fraction of sp³-hybridized carbons (Fsp3) is 0.588. The first-order valence-electron chi connectivity index (χ1n) is 8.71. The normalized spacial score (nSPS) is 26.8. The Morgan fingerprint density at radius 3 is 3.17 bits per heavy atom. The van der Waals surface area contributed by atoms with E-state index in [1.807, 2.05) is 11.3 Å². The molecule has 0 bridgehead atoms. The molecule has 0 saturated carbocycles. The van der Waals surface area contributed by atoms with Crippen LogP contribution >= 0.6 is 11.3 Å². The number of carbonyl (C=O) groups is 1. The summed E-state index contributed by atoms with van der Waals surface area (Å²) >= 11 is 1.83. The molecular weight excluding hydrogens is 324 g/mol. The number of piperidine rings is 1. The van der Waals surface area contributed by atoms with E-state index in [2.05, 4.69) is 20.2 Å². The number of thiophene rings is 1. The van der Waals surface area contributed by atoms with Gasteiger partial charge in [0.15, 0.2) is 0 Å². The number of nitrogens with zero attached hydrogens (tertiary/aromatic N) is 3. The Balaban J connectivity index is 1.52. The first-order chi connectivity index (χ1) is 11.8. The fourth-order valence-electron chi connectivity index (χ4n) is 4.21. The lowest BCUT2D eigenvalue weighted by molar-refractivity contribution is -0.137. The largest absolute Gasteiger partial charge is 0.366 e. The van der Waals surface area contributed by atoms with Crippen LogP contribution in [-0.4, -0.2) is 47.7 Å². The minimum absolute atomic E-state index is 0.0150. The lowest BCUT2D eigenvalue weighted by atomic mass is 9.96. The smallest absolute Gasteiger partial charge is 0.246 e. The maximum absolute atomic E-state index is 11.6. The molecule has 0 radical (unpaired) electrons. The Morgan fingerprint density at radius 2 is 2.21 bits per heavy atom. The molecule has 0 unspecified atom stereocenters. The Morgan fingerprint density at radius 1 is 1.29 bits per heavy atom. The Labute approximate surface area is 144 Å². The van der Waals surface area contributed by atoms with Crippen molar-refractivity contribution in [3.63, 3.8) is 0 Å². The number of ether oxygens (including phenoxy) is 1. The second-order valence-electron chi connectivity index (χ2n) is 6.85. The summed E-state index contributed by atoms with van der Waals surface area (Å²) in [6.07, 6.45) is 7.57. The Hall–Kier alpha value is -1.73. The summed E-state index contributed by atoms with van der Waals surface area (Å²) in [5, 5.41) is 4.32. The first kappa shape index (κ1) is 14.6. The lowest BCUT2D eigenvalue weighted by Crippen LogP contribution is -2.60. The van der Waals surface area contributed by atoms with Crippen molar-refractivity contribution in [3.8, 4) is 0 Å². The topological polar surface area (TPSA) is 67.3 Å². The van der Waals surface area contributed by atoms with E-state index in [1.165, 1.54) is 35.1 Å². The summed E-state index contributed by atoms with van der Waals surface area (Å²) in [7, 11) is 0. The minimum atomic E-state index is -0.0150. The Bertz CT molecular complexity index is 805. The number of carbonyl (C=O) groups excluding carboxylic acids is 1. The molecule has 2 aliphatic heterocycles. The zero-order valence-electron chi connectivity index (χ0n) is 13.5. The molecule has 2 fully saturated rings. The van der Waals surface area contributed by atoms with Crippen molar-refractivity contribution in [2.24, 2.45) is 0 Å². The molecule has 5 rings (SSSR count). The van der Waals surface area contributed by atoms with Crippen LogP contribution in [0.1, 0.15) is 29.7 Å². The van der Waals surface area contributed by atoms with Crippen molar-refractivity contribution in [2.45, 2.75) is 44.2 Å². The van der Waals surface area contributed by atoms with E-state index in [0.717, 1.165) is 36.6 Å². The number of anilines is 1. The van der Waals surface area contributed by atoms with Crippen molar-refractivity contribution in [1.82, 2.24) is 15.3 Å². The van der Waals surface area contributed by atoms with Gasteiger partial charge >= 0.3 is 0 Å². The van der Waals surface area contributed by atoms with Crippen LogP contribution in [0.2, 0.25) is 0 Å². The highest BCUT2D eigenvalue weighted by Crippen LogP contribution is 2.39. The third-order valence-electron chi connectivity index (χ3n) is 5.36. The van der Waals surface area contributed by atoms with Gasteiger partial charge in [0.2, 0.25) is 5.91 Å². The van der Waals surface area contributed by atoms with E-state index in [9.17, 15) is 4.79 Å². The third kappa shape index (κ3) is 2.29. The number of aryl methyl sites for hydroxylation is 2. The highest BCUT2D eigenvalue weighted by Gasteiger charge is 2.36. The molecule has 2 aromatic heterocycles. The molecule has 0 spiro atoms. The molecule has 6 nitrogen and oxygen atoms in total. The standard InChI is InChI=1S/C17H20N4O2S/c22-14-8-23-12-5-6-21(7-11(12)20-14)16-15-10-3-1-2-4-13(10)24-17(15)19-9-18-16/h9,11-12H,1-8H2,(H,20,22)/t11-,12-/m1/s1. The van der Waals surface area contributed by atoms with Gasteiger partial charge in [0.05, 0.1) is 17.5 Å². The number of nitrogens with one attached hydrogen (secondary N) is 1. The van der Waals surface area contributed by atoms with E-state index in [1.54, 1.807) is 6.33 Å². The van der Waals surface area contributed by atoms with Gasteiger partial charge in [0, 0.05) is 18.0 Å². The van der Waals surface area contributed by atoms with E-state index < -0.39 is 0 Å². The van der Waals surface area contributed by atoms with E-state index in [0.29, 0.717) is 0 Å². The summed E-state index contributed by atoms with van der Waals surface area (Å²) in [4.78, 5) is 25.7. The summed E-state index contributed by atoms with van der Waals surface area (Å²) < 4.78 is 5.67. The van der Waals surface area contributed by atoms with Crippen LogP contribution in [0.3, 0.4) is 0 Å². The number of hydrogen-bond donors (Lipinski definition) is 1. The molecule has 7 heteroatoms. The van der Waals surface area contributed by atoms with Gasteiger partial charge in [0.25, 0.3) is 0 Å². The summed E-state index contributed by atoms with van der Waals surface area (Å²) in [5.74, 6) is 1.02. The van der Waals surface area contributed by atoms with Crippen molar-refractivity contribution in [2.75, 3.05) is 24.6 Å². The predicted octanol–water partition coefficient (Wildman–Crippen LogP) is 1.66. The van der Waals surface area contributed by atoms with Crippen LogP contribution < -0.4 is 10.2 Å². The van der Waals surface area contributed by atoms with Crippen molar-refractivity contribution in [1.29, 1.82) is 0 Å². The molecular formula is C17H20N4O2S. The zero-order chi connectivity index (χ0) is 16.1. The van der Waals surface area contributed by atoms with E-state index in [4.69, 9.17) is 4.74 Å². The monoisotopic (exact) mass is 344 g/mol.